The minimum atomic E-state index is -4.39. The molecule has 0 saturated heterocycles. The summed E-state index contributed by atoms with van der Waals surface area (Å²) in [6.07, 6.45) is -2.82. The van der Waals surface area contributed by atoms with Crippen molar-refractivity contribution >= 4 is 44.4 Å². The molecule has 3 rings (SSSR count). The van der Waals surface area contributed by atoms with Crippen LogP contribution < -0.4 is 11.1 Å². The highest BCUT2D eigenvalue weighted by Crippen LogP contribution is 2.32. The molecule has 0 aliphatic rings. The van der Waals surface area contributed by atoms with Crippen LogP contribution in [0.5, 0.6) is 0 Å². The van der Waals surface area contributed by atoms with Crippen molar-refractivity contribution in [2.75, 3.05) is 18.5 Å². The van der Waals surface area contributed by atoms with Crippen molar-refractivity contribution in [3.05, 3.63) is 57.4 Å². The van der Waals surface area contributed by atoms with Crippen molar-refractivity contribution in [3.63, 3.8) is 0 Å². The highest BCUT2D eigenvalue weighted by Gasteiger charge is 2.30. The average molecular weight is 493 g/mol. The number of hydrogen-bond donors (Lipinski definition) is 3. The molecule has 4 N–H and O–H groups in total. The molecule has 2 heterocycles. The van der Waals surface area contributed by atoms with Gasteiger partial charge in [0.2, 0.25) is 5.28 Å². The molecule has 1 aromatic carbocycles. The van der Waals surface area contributed by atoms with Crippen LogP contribution >= 0.6 is 27.5 Å². The van der Waals surface area contributed by atoms with E-state index in [-0.39, 0.29) is 11.9 Å². The van der Waals surface area contributed by atoms with Gasteiger partial charge in [-0.15, -0.1) is 0 Å². The number of nitrogens with zero attached hydrogens (tertiary/aromatic N) is 3. The number of nitrogens with one attached hydrogen (secondary N) is 1. The molecule has 0 unspecified atom stereocenters. The second-order valence-corrected chi connectivity index (χ2v) is 7.12. The first-order chi connectivity index (χ1) is 13.7. The number of halogens is 5. The molecule has 0 saturated carbocycles. The van der Waals surface area contributed by atoms with Crippen molar-refractivity contribution in [1.29, 1.82) is 0 Å². The largest absolute Gasteiger partial charge is 0.416 e. The summed E-state index contributed by atoms with van der Waals surface area (Å²) in [6.45, 7) is 2.21. The first-order valence-electron chi connectivity index (χ1n) is 8.39. The topological polar surface area (TPSA) is 97.0 Å². The lowest BCUT2D eigenvalue weighted by atomic mass is 10.0. The third-order valence-electron chi connectivity index (χ3n) is 3.69. The van der Waals surface area contributed by atoms with Gasteiger partial charge in [0.15, 0.2) is 5.65 Å². The summed E-state index contributed by atoms with van der Waals surface area (Å²) in [5.41, 5.74) is 4.94. The summed E-state index contributed by atoms with van der Waals surface area (Å²) >= 11 is 9.24. The van der Waals surface area contributed by atoms with E-state index in [2.05, 4.69) is 36.2 Å². The lowest BCUT2D eigenvalue weighted by Gasteiger charge is -2.18. The molecule has 0 radical (unpaired) electrons. The third kappa shape index (κ3) is 6.49. The molecule has 0 aliphatic carbocycles. The molecule has 0 bridgehead atoms. The van der Waals surface area contributed by atoms with Gasteiger partial charge in [-0.2, -0.15) is 18.2 Å². The van der Waals surface area contributed by atoms with Gasteiger partial charge in [0.1, 0.15) is 5.82 Å². The van der Waals surface area contributed by atoms with Crippen molar-refractivity contribution in [3.8, 4) is 0 Å². The van der Waals surface area contributed by atoms with Crippen LogP contribution in [-0.2, 0) is 6.18 Å². The van der Waals surface area contributed by atoms with Gasteiger partial charge in [-0.3, -0.25) is 0 Å². The number of aliphatic hydroxyl groups excluding tert-OH is 1. The zero-order valence-corrected chi connectivity index (χ0v) is 17.6. The van der Waals surface area contributed by atoms with E-state index < -0.39 is 17.8 Å². The molecule has 0 amide bonds. The Balaban J connectivity index is 0.000000687. The molecule has 0 aliphatic heterocycles. The predicted octanol–water partition coefficient (Wildman–Crippen LogP) is 4.57. The minimum Gasteiger partial charge on any atom is -0.395 e. The number of nitrogens with two attached hydrogens (primary N) is 1. The van der Waals surface area contributed by atoms with Gasteiger partial charge >= 0.3 is 6.18 Å². The molecule has 0 spiro atoms. The lowest BCUT2D eigenvalue weighted by molar-refractivity contribution is -0.137. The van der Waals surface area contributed by atoms with Gasteiger partial charge in [0, 0.05) is 23.3 Å². The Morgan fingerprint density at radius 2 is 1.97 bits per heavy atom. The van der Waals surface area contributed by atoms with Crippen LogP contribution in [0.2, 0.25) is 5.28 Å². The molecule has 2 aromatic heterocycles. The van der Waals surface area contributed by atoms with Gasteiger partial charge in [-0.25, -0.2) is 9.97 Å². The average Bonchev–Trinajstić information content (AvgIpc) is 2.68. The standard InChI is InChI=1S/C16H11BrClF3N4.C2H7NO/c1-8(9-3-2-4-10(5-9)16(19,20)21)23-14-12-6-11(17)7-22-13(12)24-15(18)25-14;3-1-2-4/h2-8H,1H3,(H,22,23,24,25);4H,1-3H2/t8-;/m1./s1. The number of alkyl halides is 3. The van der Waals surface area contributed by atoms with E-state index in [9.17, 15) is 13.2 Å². The summed E-state index contributed by atoms with van der Waals surface area (Å²) in [5.74, 6) is 0.397. The summed E-state index contributed by atoms with van der Waals surface area (Å²) < 4.78 is 39.4. The Morgan fingerprint density at radius 1 is 1.28 bits per heavy atom. The highest BCUT2D eigenvalue weighted by atomic mass is 79.9. The fourth-order valence-corrected chi connectivity index (χ4v) is 2.84. The van der Waals surface area contributed by atoms with Crippen LogP contribution in [0.3, 0.4) is 0 Å². The van der Waals surface area contributed by atoms with Crippen molar-refractivity contribution in [2.45, 2.75) is 19.1 Å². The molecule has 0 fully saturated rings. The molecule has 29 heavy (non-hydrogen) atoms. The number of aromatic nitrogens is 3. The van der Waals surface area contributed by atoms with E-state index in [1.54, 1.807) is 25.3 Å². The Labute approximate surface area is 178 Å². The van der Waals surface area contributed by atoms with Crippen molar-refractivity contribution < 1.29 is 18.3 Å². The van der Waals surface area contributed by atoms with Crippen molar-refractivity contribution in [1.82, 2.24) is 15.0 Å². The number of aliphatic hydroxyl groups is 1. The maximum Gasteiger partial charge on any atom is 0.416 e. The number of anilines is 1. The lowest BCUT2D eigenvalue weighted by Crippen LogP contribution is -2.11. The summed E-state index contributed by atoms with van der Waals surface area (Å²) in [4.78, 5) is 12.3. The SMILES string of the molecule is C[C@@H](Nc1nc(Cl)nc2ncc(Br)cc12)c1cccc(C(F)(F)F)c1.NCCO. The minimum absolute atomic E-state index is 0.000986. The van der Waals surface area contributed by atoms with E-state index in [1.165, 1.54) is 6.07 Å². The van der Waals surface area contributed by atoms with Crippen LogP contribution in [0.15, 0.2) is 41.0 Å². The number of rotatable bonds is 4. The molecule has 1 atom stereocenters. The summed E-state index contributed by atoms with van der Waals surface area (Å²) in [5, 5.41) is 11.4. The smallest absolute Gasteiger partial charge is 0.395 e. The van der Waals surface area contributed by atoms with Crippen LogP contribution in [0, 0.1) is 0 Å². The van der Waals surface area contributed by atoms with E-state index in [1.807, 2.05) is 0 Å². The maximum atomic E-state index is 12.9. The second-order valence-electron chi connectivity index (χ2n) is 5.87. The van der Waals surface area contributed by atoms with Gasteiger partial charge in [-0.1, -0.05) is 12.1 Å². The van der Waals surface area contributed by atoms with Crippen molar-refractivity contribution in [2.24, 2.45) is 5.73 Å². The van der Waals surface area contributed by atoms with Crippen LogP contribution in [-0.4, -0.2) is 33.2 Å². The maximum absolute atomic E-state index is 12.9. The van der Waals surface area contributed by atoms with Gasteiger partial charge in [0.05, 0.1) is 17.6 Å². The highest BCUT2D eigenvalue weighted by molar-refractivity contribution is 9.10. The number of fused-ring (bicyclic) bond motifs is 1. The fourth-order valence-electron chi connectivity index (χ4n) is 2.34. The monoisotopic (exact) mass is 491 g/mol. The van der Waals surface area contributed by atoms with Crippen LogP contribution in [0.1, 0.15) is 24.1 Å². The quantitative estimate of drug-likeness (QED) is 0.462. The zero-order chi connectivity index (χ0) is 21.6. The summed E-state index contributed by atoms with van der Waals surface area (Å²) in [6, 6.07) is 6.46. The molecule has 156 valence electrons. The first kappa shape index (κ1) is 23.3. The van der Waals surface area contributed by atoms with E-state index >= 15 is 0 Å². The fraction of sp³-hybridized carbons (Fsp3) is 0.278. The van der Waals surface area contributed by atoms with E-state index in [4.69, 9.17) is 22.4 Å². The molecule has 3 aromatic rings. The zero-order valence-electron chi connectivity index (χ0n) is 15.2. The molecular formula is C18H18BrClF3N5O. The first-order valence-corrected chi connectivity index (χ1v) is 9.56. The Morgan fingerprint density at radius 3 is 2.59 bits per heavy atom. The van der Waals surface area contributed by atoms with E-state index in [0.717, 1.165) is 16.6 Å². The summed E-state index contributed by atoms with van der Waals surface area (Å²) in [7, 11) is 0. The molecular weight excluding hydrogens is 475 g/mol. The predicted molar refractivity (Wildman–Crippen MR) is 110 cm³/mol. The molecule has 6 nitrogen and oxygen atoms in total. The second kappa shape index (κ2) is 10.1. The van der Waals surface area contributed by atoms with Gasteiger partial charge in [0.25, 0.3) is 0 Å². The van der Waals surface area contributed by atoms with Crippen LogP contribution in [0.4, 0.5) is 19.0 Å². The van der Waals surface area contributed by atoms with Gasteiger partial charge in [-0.05, 0) is 58.2 Å². The van der Waals surface area contributed by atoms with Gasteiger partial charge < -0.3 is 16.2 Å². The third-order valence-corrected chi connectivity index (χ3v) is 4.29. The Bertz CT molecular complexity index is 972. The Hall–Kier alpha value is -2.01. The van der Waals surface area contributed by atoms with Crippen LogP contribution in [0.25, 0.3) is 11.0 Å². The number of benzene rings is 1. The molecule has 11 heteroatoms. The van der Waals surface area contributed by atoms with E-state index in [0.29, 0.717) is 29.0 Å². The number of hydrogen-bond acceptors (Lipinski definition) is 6. The Kier molecular flexibility index (Phi) is 8.14. The normalized spacial score (nSPS) is 12.3. The number of pyridine rings is 1.